The summed E-state index contributed by atoms with van der Waals surface area (Å²) in [4.78, 5) is 0. The zero-order valence-corrected chi connectivity index (χ0v) is 10.00. The minimum Gasteiger partial charge on any atom is -0.508 e. The van der Waals surface area contributed by atoms with E-state index in [-0.39, 0.29) is 5.75 Å². The second-order valence-electron chi connectivity index (χ2n) is 3.99. The first-order valence-electron chi connectivity index (χ1n) is 5.52. The standard InChI is InChI=1S/C14H15NO3/c1-18-11-6-7-13(15)12(8-11)14(17)9-2-4-10(16)5-3-9/h2-8,14,16-17H,15H2,1H3. The van der Waals surface area contributed by atoms with Gasteiger partial charge in [-0.1, -0.05) is 12.1 Å². The lowest BCUT2D eigenvalue weighted by Crippen LogP contribution is -2.04. The number of methoxy groups -OCH3 is 1. The highest BCUT2D eigenvalue weighted by Gasteiger charge is 2.14. The highest BCUT2D eigenvalue weighted by Crippen LogP contribution is 2.30. The predicted molar refractivity (Wildman–Crippen MR) is 69.6 cm³/mol. The zero-order valence-electron chi connectivity index (χ0n) is 10.00. The molecule has 0 radical (unpaired) electrons. The molecule has 2 aromatic carbocycles. The fraction of sp³-hybridized carbons (Fsp3) is 0.143. The fourth-order valence-electron chi connectivity index (χ4n) is 1.75. The molecule has 0 heterocycles. The Morgan fingerprint density at radius 2 is 1.78 bits per heavy atom. The van der Waals surface area contributed by atoms with E-state index in [0.29, 0.717) is 22.6 Å². The molecule has 1 atom stereocenters. The number of benzene rings is 2. The summed E-state index contributed by atoms with van der Waals surface area (Å²) >= 11 is 0. The molecule has 0 aliphatic heterocycles. The van der Waals surface area contributed by atoms with E-state index in [1.54, 1.807) is 37.4 Å². The highest BCUT2D eigenvalue weighted by atomic mass is 16.5. The normalized spacial score (nSPS) is 12.1. The van der Waals surface area contributed by atoms with Crippen LogP contribution in [-0.2, 0) is 0 Å². The maximum absolute atomic E-state index is 10.3. The maximum Gasteiger partial charge on any atom is 0.119 e. The third-order valence-corrected chi connectivity index (χ3v) is 2.80. The Bertz CT molecular complexity index is 537. The lowest BCUT2D eigenvalue weighted by molar-refractivity contribution is 0.220. The molecule has 2 rings (SSSR count). The molecule has 1 unspecified atom stereocenters. The third kappa shape index (κ3) is 2.38. The van der Waals surface area contributed by atoms with Gasteiger partial charge in [0, 0.05) is 11.3 Å². The number of phenolic OH excluding ortho intramolecular Hbond substituents is 1. The van der Waals surface area contributed by atoms with Crippen LogP contribution in [0.15, 0.2) is 42.5 Å². The molecule has 0 fully saturated rings. The summed E-state index contributed by atoms with van der Waals surface area (Å²) in [5, 5.41) is 19.5. The quantitative estimate of drug-likeness (QED) is 0.723. The average Bonchev–Trinajstić information content (AvgIpc) is 2.39. The van der Waals surface area contributed by atoms with Crippen molar-refractivity contribution in [2.24, 2.45) is 0 Å². The largest absolute Gasteiger partial charge is 0.508 e. The number of aliphatic hydroxyl groups excluding tert-OH is 1. The van der Waals surface area contributed by atoms with Gasteiger partial charge in [-0.3, -0.25) is 0 Å². The highest BCUT2D eigenvalue weighted by molar-refractivity contribution is 5.54. The van der Waals surface area contributed by atoms with Gasteiger partial charge in [0.25, 0.3) is 0 Å². The number of ether oxygens (including phenoxy) is 1. The van der Waals surface area contributed by atoms with Crippen LogP contribution in [0.5, 0.6) is 11.5 Å². The summed E-state index contributed by atoms with van der Waals surface area (Å²) in [6.45, 7) is 0. The average molecular weight is 245 g/mol. The van der Waals surface area contributed by atoms with Crippen molar-refractivity contribution >= 4 is 5.69 Å². The fourth-order valence-corrected chi connectivity index (χ4v) is 1.75. The molecule has 94 valence electrons. The maximum atomic E-state index is 10.3. The monoisotopic (exact) mass is 245 g/mol. The predicted octanol–water partition coefficient (Wildman–Crippen LogP) is 2.06. The summed E-state index contributed by atoms with van der Waals surface area (Å²) in [6.07, 6.45) is -0.847. The number of nitrogen functional groups attached to an aromatic ring is 1. The van der Waals surface area contributed by atoms with Crippen molar-refractivity contribution in [1.29, 1.82) is 0 Å². The van der Waals surface area contributed by atoms with E-state index in [2.05, 4.69) is 0 Å². The van der Waals surface area contributed by atoms with Gasteiger partial charge in [-0.15, -0.1) is 0 Å². The van der Waals surface area contributed by atoms with Crippen LogP contribution in [-0.4, -0.2) is 17.3 Å². The van der Waals surface area contributed by atoms with E-state index in [1.807, 2.05) is 0 Å². The number of rotatable bonds is 3. The van der Waals surface area contributed by atoms with Crippen LogP contribution < -0.4 is 10.5 Å². The van der Waals surface area contributed by atoms with Gasteiger partial charge >= 0.3 is 0 Å². The number of anilines is 1. The van der Waals surface area contributed by atoms with Crippen molar-refractivity contribution in [3.8, 4) is 11.5 Å². The van der Waals surface area contributed by atoms with E-state index >= 15 is 0 Å². The van der Waals surface area contributed by atoms with Crippen LogP contribution in [0.1, 0.15) is 17.2 Å². The van der Waals surface area contributed by atoms with E-state index in [4.69, 9.17) is 10.5 Å². The molecule has 0 bridgehead atoms. The zero-order chi connectivity index (χ0) is 13.1. The molecule has 0 amide bonds. The topological polar surface area (TPSA) is 75.7 Å². The van der Waals surface area contributed by atoms with E-state index in [0.717, 1.165) is 0 Å². The molecule has 0 aliphatic carbocycles. The van der Waals surface area contributed by atoms with Crippen LogP contribution in [0.2, 0.25) is 0 Å². The van der Waals surface area contributed by atoms with Crippen LogP contribution in [0.4, 0.5) is 5.69 Å². The second-order valence-corrected chi connectivity index (χ2v) is 3.99. The number of aliphatic hydroxyl groups is 1. The lowest BCUT2D eigenvalue weighted by atomic mass is 10.00. The van der Waals surface area contributed by atoms with Crippen LogP contribution in [0, 0.1) is 0 Å². The molecule has 2 aromatic rings. The van der Waals surface area contributed by atoms with E-state index in [9.17, 15) is 10.2 Å². The van der Waals surface area contributed by atoms with Crippen molar-refractivity contribution < 1.29 is 14.9 Å². The Balaban J connectivity index is 2.38. The lowest BCUT2D eigenvalue weighted by Gasteiger charge is -2.15. The number of hydrogen-bond donors (Lipinski definition) is 3. The van der Waals surface area contributed by atoms with Crippen molar-refractivity contribution in [1.82, 2.24) is 0 Å². The molecule has 4 nitrogen and oxygen atoms in total. The van der Waals surface area contributed by atoms with Crippen LogP contribution in [0.25, 0.3) is 0 Å². The van der Waals surface area contributed by atoms with Gasteiger partial charge in [0.05, 0.1) is 7.11 Å². The summed E-state index contributed by atoms with van der Waals surface area (Å²) in [5.41, 5.74) is 7.59. The summed E-state index contributed by atoms with van der Waals surface area (Å²) in [6, 6.07) is 11.5. The van der Waals surface area contributed by atoms with Crippen molar-refractivity contribution in [2.45, 2.75) is 6.10 Å². The third-order valence-electron chi connectivity index (χ3n) is 2.80. The summed E-state index contributed by atoms with van der Waals surface area (Å²) in [5.74, 6) is 0.793. The minimum absolute atomic E-state index is 0.157. The molecule has 18 heavy (non-hydrogen) atoms. The Morgan fingerprint density at radius 3 is 2.39 bits per heavy atom. The van der Waals surface area contributed by atoms with Crippen molar-refractivity contribution in [2.75, 3.05) is 12.8 Å². The van der Waals surface area contributed by atoms with Gasteiger partial charge in [0.15, 0.2) is 0 Å². The van der Waals surface area contributed by atoms with Gasteiger partial charge in [0.1, 0.15) is 17.6 Å². The molecule has 4 heteroatoms. The molecule has 4 N–H and O–H groups in total. The Hall–Kier alpha value is -2.20. The molecule has 0 saturated carbocycles. The van der Waals surface area contributed by atoms with Gasteiger partial charge in [-0.25, -0.2) is 0 Å². The number of phenols is 1. The van der Waals surface area contributed by atoms with Gasteiger partial charge in [-0.2, -0.15) is 0 Å². The Kier molecular flexibility index (Phi) is 3.39. The molecule has 0 aromatic heterocycles. The van der Waals surface area contributed by atoms with Gasteiger partial charge in [0.2, 0.25) is 0 Å². The smallest absolute Gasteiger partial charge is 0.119 e. The van der Waals surface area contributed by atoms with Crippen molar-refractivity contribution in [3.63, 3.8) is 0 Å². The first-order chi connectivity index (χ1) is 8.61. The molecule has 0 aliphatic rings. The first-order valence-corrected chi connectivity index (χ1v) is 5.52. The molecular weight excluding hydrogens is 230 g/mol. The SMILES string of the molecule is COc1ccc(N)c(C(O)c2ccc(O)cc2)c1. The van der Waals surface area contributed by atoms with E-state index < -0.39 is 6.10 Å². The Morgan fingerprint density at radius 1 is 1.11 bits per heavy atom. The number of nitrogens with two attached hydrogens (primary N) is 1. The number of hydrogen-bond acceptors (Lipinski definition) is 4. The summed E-state index contributed by atoms with van der Waals surface area (Å²) < 4.78 is 5.11. The van der Waals surface area contributed by atoms with Crippen LogP contribution >= 0.6 is 0 Å². The van der Waals surface area contributed by atoms with Crippen LogP contribution in [0.3, 0.4) is 0 Å². The van der Waals surface area contributed by atoms with Gasteiger partial charge < -0.3 is 20.7 Å². The molecule has 0 spiro atoms. The minimum atomic E-state index is -0.847. The first kappa shape index (κ1) is 12.3. The number of aromatic hydroxyl groups is 1. The van der Waals surface area contributed by atoms with Gasteiger partial charge in [-0.05, 0) is 35.9 Å². The Labute approximate surface area is 105 Å². The summed E-state index contributed by atoms with van der Waals surface area (Å²) in [7, 11) is 1.56. The molecule has 0 saturated heterocycles. The second kappa shape index (κ2) is 4.98. The van der Waals surface area contributed by atoms with Crippen molar-refractivity contribution in [3.05, 3.63) is 53.6 Å². The molecular formula is C14H15NO3. The van der Waals surface area contributed by atoms with E-state index in [1.165, 1.54) is 12.1 Å².